The van der Waals surface area contributed by atoms with Gasteiger partial charge in [-0.15, -0.1) is 0 Å². The van der Waals surface area contributed by atoms with E-state index in [-0.39, 0.29) is 16.7 Å². The van der Waals surface area contributed by atoms with Crippen LogP contribution in [-0.4, -0.2) is 24.7 Å². The average molecular weight is 336 g/mol. The molecule has 0 radical (unpaired) electrons. The summed E-state index contributed by atoms with van der Waals surface area (Å²) in [5.74, 6) is -0.584. The average Bonchev–Trinajstić information content (AvgIpc) is 2.61. The van der Waals surface area contributed by atoms with Crippen LogP contribution in [0, 0.1) is 5.41 Å². The van der Waals surface area contributed by atoms with Crippen LogP contribution >= 0.6 is 0 Å². The Labute approximate surface area is 148 Å². The molecule has 1 unspecified atom stereocenters. The quantitative estimate of drug-likeness (QED) is 0.681. The molecule has 1 fully saturated rings. The number of piperidine rings is 1. The van der Waals surface area contributed by atoms with E-state index in [4.69, 9.17) is 11.1 Å². The first-order valence-electron chi connectivity index (χ1n) is 8.55. The van der Waals surface area contributed by atoms with Gasteiger partial charge in [-0.25, -0.2) is 0 Å². The highest BCUT2D eigenvalue weighted by Crippen LogP contribution is 2.31. The van der Waals surface area contributed by atoms with Gasteiger partial charge < -0.3 is 16.4 Å². The van der Waals surface area contributed by atoms with E-state index in [1.165, 1.54) is 18.4 Å². The first kappa shape index (κ1) is 17.2. The second-order valence-corrected chi connectivity index (χ2v) is 6.84. The molecule has 1 saturated heterocycles. The number of hydrogen-bond acceptors (Lipinski definition) is 4. The molecule has 0 spiro atoms. The molecular formula is C20H24N4O. The maximum atomic E-state index is 11.3. The van der Waals surface area contributed by atoms with Gasteiger partial charge in [-0.2, -0.15) is 0 Å². The predicted molar refractivity (Wildman–Crippen MR) is 102 cm³/mol. The number of amides is 1. The lowest BCUT2D eigenvalue weighted by atomic mass is 9.76. The molecule has 130 valence electrons. The van der Waals surface area contributed by atoms with Crippen molar-refractivity contribution in [1.29, 1.82) is 5.41 Å². The van der Waals surface area contributed by atoms with Crippen LogP contribution in [0.5, 0.6) is 0 Å². The molecule has 1 aliphatic carbocycles. The minimum atomic E-state index is -0.584. The summed E-state index contributed by atoms with van der Waals surface area (Å²) in [5, 5.41) is 14.7. The topological polar surface area (TPSA) is 91.0 Å². The molecule has 1 amide bonds. The van der Waals surface area contributed by atoms with Crippen molar-refractivity contribution < 1.29 is 4.79 Å². The number of allylic oxidation sites excluding steroid dienone is 4. The minimum Gasteiger partial charge on any atom is -0.366 e. The molecule has 25 heavy (non-hydrogen) atoms. The van der Waals surface area contributed by atoms with Gasteiger partial charge in [-0.3, -0.25) is 10.2 Å². The first-order valence-corrected chi connectivity index (χ1v) is 8.55. The van der Waals surface area contributed by atoms with E-state index in [2.05, 4.69) is 29.7 Å². The van der Waals surface area contributed by atoms with Crippen LogP contribution in [0.25, 0.3) is 0 Å². The van der Waals surface area contributed by atoms with Crippen molar-refractivity contribution >= 4 is 17.3 Å². The van der Waals surface area contributed by atoms with Crippen LogP contribution in [-0.2, 0) is 10.2 Å². The summed E-state index contributed by atoms with van der Waals surface area (Å²) in [6.07, 6.45) is 9.20. The lowest BCUT2D eigenvalue weighted by Gasteiger charge is -2.34. The van der Waals surface area contributed by atoms with E-state index >= 15 is 0 Å². The van der Waals surface area contributed by atoms with Crippen molar-refractivity contribution in [3.05, 3.63) is 65.4 Å². The Morgan fingerprint density at radius 3 is 2.76 bits per heavy atom. The number of nitrogens with two attached hydrogens (primary N) is 1. The molecule has 1 heterocycles. The summed E-state index contributed by atoms with van der Waals surface area (Å²) in [7, 11) is 0. The Morgan fingerprint density at radius 1 is 1.36 bits per heavy atom. The minimum absolute atomic E-state index is 0.139. The second kappa shape index (κ2) is 7.07. The maximum Gasteiger partial charge on any atom is 0.250 e. The van der Waals surface area contributed by atoms with Gasteiger partial charge in [0.05, 0.1) is 11.3 Å². The Morgan fingerprint density at radius 2 is 2.12 bits per heavy atom. The van der Waals surface area contributed by atoms with Crippen molar-refractivity contribution in [1.82, 2.24) is 5.32 Å². The Hall–Kier alpha value is -2.66. The molecule has 3 rings (SSSR count). The van der Waals surface area contributed by atoms with Gasteiger partial charge in [0.15, 0.2) is 0 Å². The lowest BCUT2D eigenvalue weighted by molar-refractivity contribution is -0.114. The van der Waals surface area contributed by atoms with E-state index in [9.17, 15) is 4.79 Å². The molecule has 5 nitrogen and oxygen atoms in total. The molecule has 1 aliphatic heterocycles. The first-order chi connectivity index (χ1) is 12.0. The number of primary amides is 1. The fraction of sp³-hybridized carbons (Fsp3) is 0.300. The summed E-state index contributed by atoms with van der Waals surface area (Å²) in [5.41, 5.74) is 8.75. The largest absolute Gasteiger partial charge is 0.366 e. The summed E-state index contributed by atoms with van der Waals surface area (Å²) < 4.78 is 0. The summed E-state index contributed by atoms with van der Waals surface area (Å²) in [6.45, 7) is 4.41. The number of benzene rings is 1. The number of hydrogen-bond donors (Lipinski definition) is 4. The van der Waals surface area contributed by atoms with Gasteiger partial charge in [0.2, 0.25) is 0 Å². The SMILES string of the molecule is CC1(c2ccc(N/C=C3/C=CC=C(C(N)=O)C3=N)cc2)CCCNC1. The molecule has 0 saturated carbocycles. The fourth-order valence-corrected chi connectivity index (χ4v) is 3.33. The summed E-state index contributed by atoms with van der Waals surface area (Å²) in [4.78, 5) is 11.3. The normalized spacial score (nSPS) is 24.9. The highest BCUT2D eigenvalue weighted by Gasteiger charge is 2.28. The molecular weight excluding hydrogens is 312 g/mol. The highest BCUT2D eigenvalue weighted by molar-refractivity contribution is 6.28. The molecule has 2 aliphatic rings. The summed E-state index contributed by atoms with van der Waals surface area (Å²) in [6, 6.07) is 8.41. The van der Waals surface area contributed by atoms with E-state index in [0.717, 1.165) is 18.8 Å². The number of carbonyl (C=O) groups is 1. The fourth-order valence-electron chi connectivity index (χ4n) is 3.33. The van der Waals surface area contributed by atoms with E-state index in [1.54, 1.807) is 24.4 Å². The third kappa shape index (κ3) is 3.72. The number of carbonyl (C=O) groups excluding carboxylic acids is 1. The van der Waals surface area contributed by atoms with Crippen LogP contribution in [0.4, 0.5) is 5.69 Å². The molecule has 1 aromatic rings. The van der Waals surface area contributed by atoms with Gasteiger partial charge in [-0.05, 0) is 43.2 Å². The van der Waals surface area contributed by atoms with Crippen molar-refractivity contribution in [2.75, 3.05) is 18.4 Å². The van der Waals surface area contributed by atoms with Crippen LogP contribution in [0.2, 0.25) is 0 Å². The predicted octanol–water partition coefficient (Wildman–Crippen LogP) is 2.62. The van der Waals surface area contributed by atoms with Gasteiger partial charge in [0.25, 0.3) is 5.91 Å². The smallest absolute Gasteiger partial charge is 0.250 e. The maximum absolute atomic E-state index is 11.3. The van der Waals surface area contributed by atoms with E-state index in [1.807, 2.05) is 12.1 Å². The number of rotatable bonds is 4. The van der Waals surface area contributed by atoms with Crippen LogP contribution in [0.15, 0.2) is 59.8 Å². The number of anilines is 1. The van der Waals surface area contributed by atoms with Crippen molar-refractivity contribution in [2.24, 2.45) is 5.73 Å². The zero-order valence-electron chi connectivity index (χ0n) is 14.4. The van der Waals surface area contributed by atoms with Gasteiger partial charge in [-0.1, -0.05) is 31.2 Å². The van der Waals surface area contributed by atoms with Gasteiger partial charge >= 0.3 is 0 Å². The van der Waals surface area contributed by atoms with Crippen LogP contribution in [0.3, 0.4) is 0 Å². The molecule has 0 bridgehead atoms. The van der Waals surface area contributed by atoms with Crippen molar-refractivity contribution in [2.45, 2.75) is 25.2 Å². The van der Waals surface area contributed by atoms with Crippen molar-refractivity contribution in [3.63, 3.8) is 0 Å². The third-order valence-corrected chi connectivity index (χ3v) is 4.94. The molecule has 1 atom stereocenters. The molecule has 5 heteroatoms. The zero-order chi connectivity index (χ0) is 17.9. The molecule has 5 N–H and O–H groups in total. The van der Waals surface area contributed by atoms with Gasteiger partial charge in [0.1, 0.15) is 0 Å². The monoisotopic (exact) mass is 336 g/mol. The standard InChI is InChI=1S/C20H24N4O/c1-20(10-3-11-23-13-20)15-6-8-16(9-7-15)24-12-14-4-2-5-17(18(14)21)19(22)25/h2,4-9,12,21,23-24H,3,10-11,13H2,1H3,(H2,22,25)/b14-12-,21-18?. The van der Waals surface area contributed by atoms with Crippen LogP contribution in [0.1, 0.15) is 25.3 Å². The highest BCUT2D eigenvalue weighted by atomic mass is 16.1. The Bertz CT molecular complexity index is 765. The Kier molecular flexibility index (Phi) is 4.86. The zero-order valence-corrected chi connectivity index (χ0v) is 14.4. The lowest BCUT2D eigenvalue weighted by Crippen LogP contribution is -2.41. The van der Waals surface area contributed by atoms with E-state index in [0.29, 0.717) is 5.57 Å². The van der Waals surface area contributed by atoms with E-state index < -0.39 is 5.91 Å². The second-order valence-electron chi connectivity index (χ2n) is 6.84. The van der Waals surface area contributed by atoms with Gasteiger partial charge in [0, 0.05) is 29.4 Å². The Balaban J connectivity index is 1.70. The molecule has 0 aromatic heterocycles. The number of nitrogens with one attached hydrogen (secondary N) is 3. The van der Waals surface area contributed by atoms with Crippen molar-refractivity contribution in [3.8, 4) is 0 Å². The third-order valence-electron chi connectivity index (χ3n) is 4.94. The molecule has 1 aromatic carbocycles. The van der Waals surface area contributed by atoms with Crippen LogP contribution < -0.4 is 16.4 Å². The summed E-state index contributed by atoms with van der Waals surface area (Å²) >= 11 is 0.